The summed E-state index contributed by atoms with van der Waals surface area (Å²) in [5, 5.41) is 15.1. The van der Waals surface area contributed by atoms with Crippen LogP contribution in [0.15, 0.2) is 47.9 Å². The zero-order chi connectivity index (χ0) is 29.2. The number of rotatable bonds is 6. The van der Waals surface area contributed by atoms with Crippen molar-refractivity contribution in [1.29, 1.82) is 0 Å². The molecule has 3 aromatic heterocycles. The zero-order valence-electron chi connectivity index (χ0n) is 24.8. The number of fused-ring (bicyclic) bond motifs is 2. The normalized spacial score (nSPS) is 23.4. The van der Waals surface area contributed by atoms with E-state index in [0.717, 1.165) is 37.2 Å². The Bertz CT molecular complexity index is 1790. The minimum atomic E-state index is -0.963. The minimum absolute atomic E-state index is 0.180. The van der Waals surface area contributed by atoms with E-state index < -0.39 is 5.60 Å². The molecule has 0 bridgehead atoms. The molecule has 2 N–H and O–H groups in total. The topological polar surface area (TPSA) is 101 Å². The summed E-state index contributed by atoms with van der Waals surface area (Å²) in [6, 6.07) is 8.42. The fraction of sp³-hybridized carbons (Fsp3) is 0.455. The Kier molecular flexibility index (Phi) is 6.36. The zero-order valence-corrected chi connectivity index (χ0v) is 24.8. The molecular formula is C33H39N7O2. The van der Waals surface area contributed by atoms with Gasteiger partial charge in [-0.05, 0) is 86.0 Å². The van der Waals surface area contributed by atoms with Crippen molar-refractivity contribution in [2.24, 2.45) is 0 Å². The standard InChI is InChI=1S/C33H39N7O2/c1-5-15-39-30(41)25-18-34-31(37-29(25)40(39)26-11-10-21-12-14-33(42,6-2)28(21)36-26)35-24-16-22-9-7-8-13-32(3)20-38(4)19-23(17-24)27(22)32/h5,10-11,16-18,42H,1,6-9,12-15,19-20H2,2-4H3,(H,34,35,37). The average molecular weight is 566 g/mol. The van der Waals surface area contributed by atoms with Crippen LogP contribution in [-0.2, 0) is 36.9 Å². The lowest BCUT2D eigenvalue weighted by atomic mass is 9.73. The predicted molar refractivity (Wildman–Crippen MR) is 165 cm³/mol. The summed E-state index contributed by atoms with van der Waals surface area (Å²) in [6.07, 6.45) is 10.0. The molecule has 9 heteroatoms. The van der Waals surface area contributed by atoms with Crippen molar-refractivity contribution in [3.63, 3.8) is 0 Å². The average Bonchev–Trinajstić information content (AvgIpc) is 3.37. The van der Waals surface area contributed by atoms with Gasteiger partial charge in [0.15, 0.2) is 11.5 Å². The summed E-state index contributed by atoms with van der Waals surface area (Å²) in [4.78, 5) is 30.3. The number of aromatic nitrogens is 5. The van der Waals surface area contributed by atoms with Crippen molar-refractivity contribution in [2.45, 2.75) is 82.9 Å². The minimum Gasteiger partial charge on any atom is -0.384 e. The molecule has 0 saturated carbocycles. The van der Waals surface area contributed by atoms with Gasteiger partial charge in [0.05, 0.1) is 12.2 Å². The van der Waals surface area contributed by atoms with E-state index >= 15 is 0 Å². The molecule has 218 valence electrons. The van der Waals surface area contributed by atoms with Gasteiger partial charge < -0.3 is 15.3 Å². The Morgan fingerprint density at radius 2 is 1.95 bits per heavy atom. The third kappa shape index (κ3) is 4.21. The van der Waals surface area contributed by atoms with Crippen molar-refractivity contribution < 1.29 is 5.11 Å². The van der Waals surface area contributed by atoms with E-state index in [9.17, 15) is 9.90 Å². The lowest BCUT2D eigenvalue weighted by molar-refractivity contribution is 0.0306. The number of allylic oxidation sites excluding steroid dienone is 1. The first-order valence-electron chi connectivity index (χ1n) is 15.2. The summed E-state index contributed by atoms with van der Waals surface area (Å²) in [5.74, 6) is 0.962. The number of benzene rings is 1. The van der Waals surface area contributed by atoms with Crippen LogP contribution in [0.1, 0.15) is 73.9 Å². The van der Waals surface area contributed by atoms with Gasteiger partial charge in [-0.3, -0.25) is 4.79 Å². The Hall–Kier alpha value is -3.82. The van der Waals surface area contributed by atoms with Gasteiger partial charge in [-0.1, -0.05) is 32.4 Å². The highest BCUT2D eigenvalue weighted by Crippen LogP contribution is 2.43. The van der Waals surface area contributed by atoms with E-state index in [4.69, 9.17) is 9.97 Å². The van der Waals surface area contributed by atoms with Crippen LogP contribution in [-0.4, -0.2) is 47.9 Å². The van der Waals surface area contributed by atoms with Crippen molar-refractivity contribution in [3.8, 4) is 5.82 Å². The number of aliphatic hydroxyl groups is 1. The van der Waals surface area contributed by atoms with Crippen molar-refractivity contribution in [2.75, 3.05) is 18.9 Å². The van der Waals surface area contributed by atoms with E-state index in [1.807, 2.05) is 19.1 Å². The first-order chi connectivity index (χ1) is 20.2. The van der Waals surface area contributed by atoms with E-state index in [1.54, 1.807) is 21.6 Å². The summed E-state index contributed by atoms with van der Waals surface area (Å²) in [7, 11) is 2.21. The van der Waals surface area contributed by atoms with E-state index in [1.165, 1.54) is 36.0 Å². The van der Waals surface area contributed by atoms with E-state index in [0.29, 0.717) is 41.3 Å². The first-order valence-corrected chi connectivity index (χ1v) is 15.2. The molecule has 2 aliphatic carbocycles. The smallest absolute Gasteiger partial charge is 0.278 e. The number of aryl methyl sites for hydroxylation is 2. The second-order valence-corrected chi connectivity index (χ2v) is 12.7. The van der Waals surface area contributed by atoms with Gasteiger partial charge in [-0.15, -0.1) is 6.58 Å². The van der Waals surface area contributed by atoms with Crippen molar-refractivity contribution in [3.05, 3.63) is 81.4 Å². The number of hydrogen-bond donors (Lipinski definition) is 2. The molecule has 0 saturated heterocycles. The number of likely N-dealkylation sites (N-methyl/N-ethyl adjacent to an activating group) is 1. The van der Waals surface area contributed by atoms with Gasteiger partial charge in [-0.2, -0.15) is 4.98 Å². The third-order valence-electron chi connectivity index (χ3n) is 9.64. The summed E-state index contributed by atoms with van der Waals surface area (Å²) < 4.78 is 3.32. The molecule has 2 unspecified atom stereocenters. The molecule has 1 aliphatic heterocycles. The third-order valence-corrected chi connectivity index (χ3v) is 9.64. The lowest BCUT2D eigenvalue weighted by Gasteiger charge is -2.41. The monoisotopic (exact) mass is 565 g/mol. The summed E-state index contributed by atoms with van der Waals surface area (Å²) in [5.41, 5.74) is 6.49. The van der Waals surface area contributed by atoms with Gasteiger partial charge in [0.25, 0.3) is 5.56 Å². The summed E-state index contributed by atoms with van der Waals surface area (Å²) in [6.45, 7) is 10.6. The second kappa shape index (κ2) is 9.88. The maximum Gasteiger partial charge on any atom is 0.278 e. The molecule has 4 aromatic rings. The molecule has 0 radical (unpaired) electrons. The van der Waals surface area contributed by atoms with Gasteiger partial charge in [0.1, 0.15) is 11.0 Å². The van der Waals surface area contributed by atoms with Gasteiger partial charge in [0, 0.05) is 30.4 Å². The molecule has 1 aromatic carbocycles. The predicted octanol–water partition coefficient (Wildman–Crippen LogP) is 4.88. The second-order valence-electron chi connectivity index (χ2n) is 12.7. The number of pyridine rings is 1. The van der Waals surface area contributed by atoms with Crippen molar-refractivity contribution >= 4 is 22.7 Å². The molecule has 0 spiro atoms. The summed E-state index contributed by atoms with van der Waals surface area (Å²) >= 11 is 0. The highest BCUT2D eigenvalue weighted by Gasteiger charge is 2.38. The SMILES string of the molecule is C=CCn1c(=O)c2cnc(Nc3cc4c5c(c3)CN(C)CC5(C)CCCC4)nc2n1-c1ccc2c(n1)C(O)(CC)CC2. The number of nitrogens with zero attached hydrogens (tertiary/aromatic N) is 6. The van der Waals surface area contributed by atoms with Gasteiger partial charge in [0.2, 0.25) is 5.95 Å². The molecule has 0 amide bonds. The molecular weight excluding hydrogens is 526 g/mol. The van der Waals surface area contributed by atoms with Crippen LogP contribution in [0.2, 0.25) is 0 Å². The number of anilines is 2. The first kappa shape index (κ1) is 27.0. The van der Waals surface area contributed by atoms with Crippen molar-refractivity contribution in [1.82, 2.24) is 29.2 Å². The molecule has 7 rings (SSSR count). The molecule has 2 atom stereocenters. The van der Waals surface area contributed by atoms with Crippen LogP contribution in [0, 0.1) is 0 Å². The molecule has 42 heavy (non-hydrogen) atoms. The van der Waals surface area contributed by atoms with Crippen LogP contribution in [0.25, 0.3) is 16.9 Å². The molecule has 4 heterocycles. The fourth-order valence-electron chi connectivity index (χ4n) is 7.74. The van der Waals surface area contributed by atoms with E-state index in [2.05, 4.69) is 47.9 Å². The maximum atomic E-state index is 13.5. The molecule has 9 nitrogen and oxygen atoms in total. The van der Waals surface area contributed by atoms with Crippen LogP contribution in [0.3, 0.4) is 0 Å². The molecule has 3 aliphatic rings. The number of nitrogens with one attached hydrogen (secondary N) is 1. The van der Waals surface area contributed by atoms with Crippen LogP contribution in [0.4, 0.5) is 11.6 Å². The van der Waals surface area contributed by atoms with Gasteiger partial charge in [-0.25, -0.2) is 19.3 Å². The Balaban J connectivity index is 1.33. The fourth-order valence-corrected chi connectivity index (χ4v) is 7.74. The quantitative estimate of drug-likeness (QED) is 0.322. The Morgan fingerprint density at radius 3 is 2.76 bits per heavy atom. The van der Waals surface area contributed by atoms with Gasteiger partial charge >= 0.3 is 0 Å². The largest absolute Gasteiger partial charge is 0.384 e. The van der Waals surface area contributed by atoms with Crippen LogP contribution < -0.4 is 10.9 Å². The van der Waals surface area contributed by atoms with Crippen LogP contribution >= 0.6 is 0 Å². The maximum absolute atomic E-state index is 13.5. The highest BCUT2D eigenvalue weighted by molar-refractivity contribution is 5.77. The lowest BCUT2D eigenvalue weighted by Crippen LogP contribution is -2.42. The van der Waals surface area contributed by atoms with Crippen LogP contribution in [0.5, 0.6) is 0 Å². The Labute approximate surface area is 245 Å². The van der Waals surface area contributed by atoms with E-state index in [-0.39, 0.29) is 17.5 Å². The number of hydrogen-bond acceptors (Lipinski definition) is 7. The molecule has 0 fully saturated rings. The Morgan fingerprint density at radius 1 is 1.12 bits per heavy atom. The highest BCUT2D eigenvalue weighted by atomic mass is 16.3.